The summed E-state index contributed by atoms with van der Waals surface area (Å²) in [5.41, 5.74) is 1.97. The molecule has 0 fully saturated rings. The third-order valence-corrected chi connectivity index (χ3v) is 3.54. The molecular weight excluding hydrogens is 292 g/mol. The monoisotopic (exact) mass is 308 g/mol. The van der Waals surface area contributed by atoms with Crippen molar-refractivity contribution >= 4 is 23.1 Å². The Morgan fingerprint density at radius 3 is 2.48 bits per heavy atom. The van der Waals surface area contributed by atoms with Crippen LogP contribution in [0.1, 0.15) is 11.1 Å². The lowest BCUT2D eigenvalue weighted by molar-refractivity contribution is 0.355. The molecular formula is C19H16O4. The molecule has 2 aromatic carbocycles. The lowest BCUT2D eigenvalue weighted by Gasteiger charge is -2.07. The van der Waals surface area contributed by atoms with Crippen molar-refractivity contribution in [2.75, 3.05) is 14.2 Å². The Morgan fingerprint density at radius 1 is 0.913 bits per heavy atom. The molecule has 0 aliphatic rings. The average Bonchev–Trinajstić information content (AvgIpc) is 2.59. The zero-order chi connectivity index (χ0) is 16.2. The van der Waals surface area contributed by atoms with Gasteiger partial charge in [0.2, 0.25) is 0 Å². The summed E-state index contributed by atoms with van der Waals surface area (Å²) in [4.78, 5) is 11.7. The maximum Gasteiger partial charge on any atom is 0.336 e. The Bertz CT molecular complexity index is 922. The molecule has 0 aliphatic heterocycles. The maximum atomic E-state index is 11.7. The molecule has 0 spiro atoms. The predicted octanol–water partition coefficient (Wildman–Crippen LogP) is 3.98. The van der Waals surface area contributed by atoms with Gasteiger partial charge in [-0.1, -0.05) is 36.4 Å². The van der Waals surface area contributed by atoms with Crippen molar-refractivity contribution in [2.45, 2.75) is 0 Å². The molecule has 116 valence electrons. The quantitative estimate of drug-likeness (QED) is 0.684. The second-order valence-electron chi connectivity index (χ2n) is 4.96. The lowest BCUT2D eigenvalue weighted by atomic mass is 10.1. The molecule has 0 unspecified atom stereocenters. The van der Waals surface area contributed by atoms with Crippen LogP contribution in [-0.4, -0.2) is 14.2 Å². The molecule has 23 heavy (non-hydrogen) atoms. The number of para-hydroxylation sites is 1. The van der Waals surface area contributed by atoms with Crippen LogP contribution in [0.15, 0.2) is 57.7 Å². The number of benzene rings is 2. The van der Waals surface area contributed by atoms with E-state index in [1.807, 2.05) is 48.6 Å². The lowest BCUT2D eigenvalue weighted by Crippen LogP contribution is -1.97. The highest BCUT2D eigenvalue weighted by molar-refractivity contribution is 5.89. The zero-order valence-electron chi connectivity index (χ0n) is 12.9. The minimum absolute atomic E-state index is 0.365. The van der Waals surface area contributed by atoms with E-state index in [0.29, 0.717) is 17.1 Å². The summed E-state index contributed by atoms with van der Waals surface area (Å²) in [6.07, 6.45) is 3.81. The summed E-state index contributed by atoms with van der Waals surface area (Å²) in [5, 5.41) is 0.892. The third kappa shape index (κ3) is 3.11. The number of hydrogen-bond acceptors (Lipinski definition) is 4. The Morgan fingerprint density at radius 2 is 1.70 bits per heavy atom. The van der Waals surface area contributed by atoms with Crippen LogP contribution < -0.4 is 15.1 Å². The Hall–Kier alpha value is -3.01. The summed E-state index contributed by atoms with van der Waals surface area (Å²) in [6.45, 7) is 0. The summed E-state index contributed by atoms with van der Waals surface area (Å²) in [5.74, 6) is 1.34. The fraction of sp³-hybridized carbons (Fsp3) is 0.105. The zero-order valence-corrected chi connectivity index (χ0v) is 12.9. The molecule has 3 rings (SSSR count). The van der Waals surface area contributed by atoms with Crippen LogP contribution in [0.3, 0.4) is 0 Å². The molecule has 0 radical (unpaired) electrons. The molecule has 4 nitrogen and oxygen atoms in total. The van der Waals surface area contributed by atoms with Gasteiger partial charge in [-0.2, -0.15) is 0 Å². The van der Waals surface area contributed by atoms with Gasteiger partial charge in [0.25, 0.3) is 0 Å². The fourth-order valence-corrected chi connectivity index (χ4v) is 2.42. The van der Waals surface area contributed by atoms with Crippen molar-refractivity contribution in [2.24, 2.45) is 0 Å². The molecule has 3 aromatic rings. The molecule has 0 N–H and O–H groups in total. The van der Waals surface area contributed by atoms with Crippen molar-refractivity contribution in [3.8, 4) is 11.5 Å². The first kappa shape index (κ1) is 14.9. The van der Waals surface area contributed by atoms with E-state index >= 15 is 0 Å². The highest BCUT2D eigenvalue weighted by Gasteiger charge is 2.04. The molecule has 0 bridgehead atoms. The molecule has 0 amide bonds. The number of rotatable bonds is 4. The van der Waals surface area contributed by atoms with Crippen LogP contribution in [0.25, 0.3) is 23.1 Å². The summed E-state index contributed by atoms with van der Waals surface area (Å²) in [7, 11) is 3.20. The van der Waals surface area contributed by atoms with Gasteiger partial charge in [0.1, 0.15) is 5.58 Å². The number of methoxy groups -OCH3 is 2. The second kappa shape index (κ2) is 6.40. The number of hydrogen-bond donors (Lipinski definition) is 0. The van der Waals surface area contributed by atoms with E-state index in [1.54, 1.807) is 20.3 Å². The maximum absolute atomic E-state index is 11.7. The van der Waals surface area contributed by atoms with E-state index in [9.17, 15) is 4.79 Å². The predicted molar refractivity (Wildman–Crippen MR) is 91.0 cm³/mol. The van der Waals surface area contributed by atoms with Gasteiger partial charge in [-0.25, -0.2) is 4.79 Å². The molecule has 0 saturated carbocycles. The van der Waals surface area contributed by atoms with Crippen molar-refractivity contribution in [1.29, 1.82) is 0 Å². The minimum Gasteiger partial charge on any atom is -0.493 e. The van der Waals surface area contributed by atoms with Crippen LogP contribution in [0, 0.1) is 0 Å². The van der Waals surface area contributed by atoms with Crippen molar-refractivity contribution in [3.05, 3.63) is 70.1 Å². The van der Waals surface area contributed by atoms with Crippen molar-refractivity contribution in [1.82, 2.24) is 0 Å². The topological polar surface area (TPSA) is 48.7 Å². The van der Waals surface area contributed by atoms with E-state index in [4.69, 9.17) is 13.9 Å². The van der Waals surface area contributed by atoms with E-state index in [2.05, 4.69) is 0 Å². The first-order valence-corrected chi connectivity index (χ1v) is 7.14. The Balaban J connectivity index is 2.02. The fourth-order valence-electron chi connectivity index (χ4n) is 2.42. The van der Waals surface area contributed by atoms with Gasteiger partial charge in [0.05, 0.1) is 14.2 Å². The molecule has 0 saturated heterocycles. The third-order valence-electron chi connectivity index (χ3n) is 3.54. The Labute approximate surface area is 133 Å². The molecule has 0 atom stereocenters. The van der Waals surface area contributed by atoms with Gasteiger partial charge in [-0.05, 0) is 29.3 Å². The number of fused-ring (bicyclic) bond motifs is 1. The van der Waals surface area contributed by atoms with Crippen LogP contribution in [0.2, 0.25) is 0 Å². The van der Waals surface area contributed by atoms with Crippen molar-refractivity contribution in [3.63, 3.8) is 0 Å². The van der Waals surface area contributed by atoms with E-state index in [-0.39, 0.29) is 5.63 Å². The van der Waals surface area contributed by atoms with Crippen LogP contribution in [-0.2, 0) is 0 Å². The first-order valence-electron chi connectivity index (χ1n) is 7.14. The van der Waals surface area contributed by atoms with Crippen LogP contribution in [0.5, 0.6) is 11.5 Å². The number of ether oxygens (including phenoxy) is 2. The van der Waals surface area contributed by atoms with E-state index < -0.39 is 0 Å². The normalized spacial score (nSPS) is 11.0. The van der Waals surface area contributed by atoms with Crippen molar-refractivity contribution < 1.29 is 13.9 Å². The first-order chi connectivity index (χ1) is 11.2. The van der Waals surface area contributed by atoms with Crippen LogP contribution in [0.4, 0.5) is 0 Å². The standard InChI is InChI=1S/C19H16O4/c1-21-17-10-8-13(11-18(17)22-2)7-9-14-12-19(20)23-16-6-4-3-5-15(14)16/h3-12H,1-2H3/b9-7-. The Kier molecular flexibility index (Phi) is 4.15. The summed E-state index contributed by atoms with van der Waals surface area (Å²) in [6, 6.07) is 14.6. The molecule has 4 heteroatoms. The van der Waals surface area contributed by atoms with E-state index in [1.165, 1.54) is 6.07 Å². The van der Waals surface area contributed by atoms with Crippen LogP contribution >= 0.6 is 0 Å². The van der Waals surface area contributed by atoms with Gasteiger partial charge in [-0.3, -0.25) is 0 Å². The van der Waals surface area contributed by atoms with Gasteiger partial charge >= 0.3 is 5.63 Å². The highest BCUT2D eigenvalue weighted by atomic mass is 16.5. The van der Waals surface area contributed by atoms with E-state index in [0.717, 1.165) is 16.5 Å². The van der Waals surface area contributed by atoms with Gasteiger partial charge in [-0.15, -0.1) is 0 Å². The molecule has 1 aromatic heterocycles. The molecule has 0 aliphatic carbocycles. The summed E-state index contributed by atoms with van der Waals surface area (Å²) < 4.78 is 15.7. The minimum atomic E-state index is -0.365. The van der Waals surface area contributed by atoms with Gasteiger partial charge in [0, 0.05) is 11.5 Å². The second-order valence-corrected chi connectivity index (χ2v) is 4.96. The van der Waals surface area contributed by atoms with Gasteiger partial charge in [0.15, 0.2) is 11.5 Å². The SMILES string of the molecule is COc1ccc(/C=C\c2cc(=O)oc3ccccc23)cc1OC. The smallest absolute Gasteiger partial charge is 0.336 e. The average molecular weight is 308 g/mol. The van der Waals surface area contributed by atoms with Gasteiger partial charge < -0.3 is 13.9 Å². The summed E-state index contributed by atoms with van der Waals surface area (Å²) >= 11 is 0. The largest absolute Gasteiger partial charge is 0.493 e. The highest BCUT2D eigenvalue weighted by Crippen LogP contribution is 2.28. The molecule has 1 heterocycles.